The average Bonchev–Trinajstić information content (AvgIpc) is 2.37. The van der Waals surface area contributed by atoms with Crippen molar-refractivity contribution in [2.24, 2.45) is 11.8 Å². The van der Waals surface area contributed by atoms with Gasteiger partial charge in [-0.1, -0.05) is 0 Å². The van der Waals surface area contributed by atoms with Gasteiger partial charge in [-0.2, -0.15) is 0 Å². The van der Waals surface area contributed by atoms with Gasteiger partial charge in [0, 0.05) is 20.0 Å². The Morgan fingerprint density at radius 3 is 2.00 bits per heavy atom. The van der Waals surface area contributed by atoms with Crippen LogP contribution in [0.5, 0.6) is 0 Å². The van der Waals surface area contributed by atoms with E-state index in [2.05, 4.69) is 5.32 Å². The maximum atomic E-state index is 12.0. The normalized spacial score (nSPS) is 24.4. The largest absolute Gasteiger partial charge is 0.481 e. The average molecular weight is 270 g/mol. The number of carboxylic acid groups (broad SMARTS) is 1. The van der Waals surface area contributed by atoms with E-state index in [1.165, 1.54) is 4.90 Å². The monoisotopic (exact) mass is 270 g/mol. The van der Waals surface area contributed by atoms with Gasteiger partial charge in [0.2, 0.25) is 11.8 Å². The number of amides is 2. The number of carbonyl (C=O) groups excluding carboxylic acids is 2. The standard InChI is InChI=1S/C13H22N2O4/c1-8(12(17)15(2)3)14-11(16)9-4-6-10(7-5-9)13(18)19/h8-10H,4-7H2,1-3H3,(H,14,16)(H,18,19). The minimum Gasteiger partial charge on any atom is -0.481 e. The van der Waals surface area contributed by atoms with Crippen molar-refractivity contribution < 1.29 is 19.5 Å². The fraction of sp³-hybridized carbons (Fsp3) is 0.769. The SMILES string of the molecule is CC(NC(=O)C1CCC(C(=O)O)CC1)C(=O)N(C)C. The summed E-state index contributed by atoms with van der Waals surface area (Å²) in [6.45, 7) is 1.66. The molecule has 0 aromatic heterocycles. The molecule has 6 nitrogen and oxygen atoms in total. The highest BCUT2D eigenvalue weighted by atomic mass is 16.4. The molecule has 0 radical (unpaired) electrons. The van der Waals surface area contributed by atoms with Crippen LogP contribution < -0.4 is 5.32 Å². The van der Waals surface area contributed by atoms with E-state index in [0.29, 0.717) is 25.7 Å². The van der Waals surface area contributed by atoms with Gasteiger partial charge in [-0.25, -0.2) is 0 Å². The number of likely N-dealkylation sites (N-methyl/N-ethyl adjacent to an activating group) is 1. The number of nitrogens with one attached hydrogen (secondary N) is 1. The fourth-order valence-corrected chi connectivity index (χ4v) is 2.38. The third-order valence-electron chi connectivity index (χ3n) is 3.62. The molecule has 1 rings (SSSR count). The Hall–Kier alpha value is -1.59. The van der Waals surface area contributed by atoms with Gasteiger partial charge in [-0.05, 0) is 32.6 Å². The quantitative estimate of drug-likeness (QED) is 0.777. The minimum atomic E-state index is -0.782. The molecular formula is C13H22N2O4. The van der Waals surface area contributed by atoms with Crippen LogP contribution in [0.15, 0.2) is 0 Å². The first-order valence-corrected chi connectivity index (χ1v) is 6.57. The van der Waals surface area contributed by atoms with E-state index in [1.54, 1.807) is 21.0 Å². The lowest BCUT2D eigenvalue weighted by Crippen LogP contribution is -2.46. The summed E-state index contributed by atoms with van der Waals surface area (Å²) in [5.74, 6) is -1.58. The molecule has 0 aromatic rings. The Balaban J connectivity index is 2.43. The molecule has 0 spiro atoms. The van der Waals surface area contributed by atoms with Crippen molar-refractivity contribution in [1.29, 1.82) is 0 Å². The molecule has 0 bridgehead atoms. The molecule has 0 heterocycles. The van der Waals surface area contributed by atoms with E-state index in [4.69, 9.17) is 5.11 Å². The molecule has 2 N–H and O–H groups in total. The van der Waals surface area contributed by atoms with E-state index in [0.717, 1.165) is 0 Å². The molecule has 19 heavy (non-hydrogen) atoms. The number of hydrogen-bond acceptors (Lipinski definition) is 3. The topological polar surface area (TPSA) is 86.7 Å². The summed E-state index contributed by atoms with van der Waals surface area (Å²) in [7, 11) is 3.28. The molecule has 1 saturated carbocycles. The van der Waals surface area contributed by atoms with Crippen LogP contribution in [-0.2, 0) is 14.4 Å². The van der Waals surface area contributed by atoms with Gasteiger partial charge < -0.3 is 15.3 Å². The van der Waals surface area contributed by atoms with Crippen molar-refractivity contribution >= 4 is 17.8 Å². The van der Waals surface area contributed by atoms with E-state index in [9.17, 15) is 14.4 Å². The maximum absolute atomic E-state index is 12.0. The van der Waals surface area contributed by atoms with Gasteiger partial charge in [0.1, 0.15) is 6.04 Å². The highest BCUT2D eigenvalue weighted by Gasteiger charge is 2.30. The molecule has 0 saturated heterocycles. The second kappa shape index (κ2) is 6.54. The molecule has 6 heteroatoms. The molecule has 1 aliphatic rings. The van der Waals surface area contributed by atoms with Crippen molar-refractivity contribution in [3.8, 4) is 0 Å². The highest BCUT2D eigenvalue weighted by molar-refractivity contribution is 5.88. The zero-order valence-electron chi connectivity index (χ0n) is 11.7. The van der Waals surface area contributed by atoms with Crippen LogP contribution in [0.2, 0.25) is 0 Å². The Bertz CT molecular complexity index is 360. The molecular weight excluding hydrogens is 248 g/mol. The lowest BCUT2D eigenvalue weighted by atomic mass is 9.81. The number of rotatable bonds is 4. The van der Waals surface area contributed by atoms with Gasteiger partial charge in [-0.15, -0.1) is 0 Å². The van der Waals surface area contributed by atoms with Gasteiger partial charge in [0.25, 0.3) is 0 Å². The minimum absolute atomic E-state index is 0.146. The molecule has 0 aromatic carbocycles. The Labute approximate surface area is 113 Å². The molecule has 1 fully saturated rings. The lowest BCUT2D eigenvalue weighted by molar-refractivity contribution is -0.144. The maximum Gasteiger partial charge on any atom is 0.306 e. The number of hydrogen-bond donors (Lipinski definition) is 2. The summed E-state index contributed by atoms with van der Waals surface area (Å²) in [4.78, 5) is 35.9. The smallest absolute Gasteiger partial charge is 0.306 e. The number of nitrogens with zero attached hydrogens (tertiary/aromatic N) is 1. The second-order valence-electron chi connectivity index (χ2n) is 5.35. The van der Waals surface area contributed by atoms with E-state index >= 15 is 0 Å². The summed E-state index contributed by atoms with van der Waals surface area (Å²) in [6, 6.07) is -0.542. The van der Waals surface area contributed by atoms with Crippen molar-refractivity contribution in [3.05, 3.63) is 0 Å². The van der Waals surface area contributed by atoms with Crippen LogP contribution in [0.25, 0.3) is 0 Å². The van der Waals surface area contributed by atoms with E-state index < -0.39 is 12.0 Å². The van der Waals surface area contributed by atoms with Crippen LogP contribution in [0, 0.1) is 11.8 Å². The number of aliphatic carboxylic acids is 1. The first kappa shape index (κ1) is 15.5. The summed E-state index contributed by atoms with van der Waals surface area (Å²) in [6.07, 6.45) is 2.21. The summed E-state index contributed by atoms with van der Waals surface area (Å²) in [5, 5.41) is 11.6. The van der Waals surface area contributed by atoms with Crippen LogP contribution in [0.3, 0.4) is 0 Å². The van der Waals surface area contributed by atoms with Gasteiger partial charge in [0.05, 0.1) is 5.92 Å². The van der Waals surface area contributed by atoms with Crippen molar-refractivity contribution in [3.63, 3.8) is 0 Å². The molecule has 1 aliphatic carbocycles. The van der Waals surface area contributed by atoms with Crippen LogP contribution in [0.4, 0.5) is 0 Å². The van der Waals surface area contributed by atoms with Gasteiger partial charge in [-0.3, -0.25) is 14.4 Å². The fourth-order valence-electron chi connectivity index (χ4n) is 2.38. The third-order valence-corrected chi connectivity index (χ3v) is 3.62. The number of carboxylic acids is 1. The summed E-state index contributed by atoms with van der Waals surface area (Å²) in [5.41, 5.74) is 0. The van der Waals surface area contributed by atoms with E-state index in [1.807, 2.05) is 0 Å². The van der Waals surface area contributed by atoms with Gasteiger partial charge >= 0.3 is 5.97 Å². The molecule has 0 aliphatic heterocycles. The number of carbonyl (C=O) groups is 3. The van der Waals surface area contributed by atoms with Crippen LogP contribution in [0.1, 0.15) is 32.6 Å². The second-order valence-corrected chi connectivity index (χ2v) is 5.35. The summed E-state index contributed by atoms with van der Waals surface area (Å²) >= 11 is 0. The van der Waals surface area contributed by atoms with Crippen molar-refractivity contribution in [2.45, 2.75) is 38.6 Å². The van der Waals surface area contributed by atoms with Gasteiger partial charge in [0.15, 0.2) is 0 Å². The Morgan fingerprint density at radius 2 is 1.58 bits per heavy atom. The zero-order valence-corrected chi connectivity index (χ0v) is 11.7. The van der Waals surface area contributed by atoms with E-state index in [-0.39, 0.29) is 23.7 Å². The van der Waals surface area contributed by atoms with Crippen LogP contribution >= 0.6 is 0 Å². The predicted molar refractivity (Wildman–Crippen MR) is 69.4 cm³/mol. The molecule has 2 amide bonds. The van der Waals surface area contributed by atoms with Crippen molar-refractivity contribution in [1.82, 2.24) is 10.2 Å². The van der Waals surface area contributed by atoms with Crippen LogP contribution in [-0.4, -0.2) is 47.9 Å². The lowest BCUT2D eigenvalue weighted by Gasteiger charge is -2.27. The molecule has 1 unspecified atom stereocenters. The highest BCUT2D eigenvalue weighted by Crippen LogP contribution is 2.29. The Kier molecular flexibility index (Phi) is 5.32. The zero-order chi connectivity index (χ0) is 14.6. The summed E-state index contributed by atoms with van der Waals surface area (Å²) < 4.78 is 0. The van der Waals surface area contributed by atoms with Crippen molar-refractivity contribution in [2.75, 3.05) is 14.1 Å². The molecule has 108 valence electrons. The Morgan fingerprint density at radius 1 is 1.11 bits per heavy atom. The first-order valence-electron chi connectivity index (χ1n) is 6.57. The first-order chi connectivity index (χ1) is 8.82. The third kappa shape index (κ3) is 4.22. The molecule has 1 atom stereocenters. The predicted octanol–water partition coefficient (Wildman–Crippen LogP) is 0.470.